The number of rotatable bonds is 6. The molecule has 0 saturated heterocycles. The molecule has 0 fully saturated rings. The zero-order chi connectivity index (χ0) is 13.5. The second-order valence-electron chi connectivity index (χ2n) is 4.75. The molecule has 3 nitrogen and oxygen atoms in total. The molecule has 0 spiro atoms. The number of aryl methyl sites for hydroxylation is 1. The Labute approximate surface area is 109 Å². The van der Waals surface area contributed by atoms with Gasteiger partial charge in [0.25, 0.3) is 0 Å². The van der Waals surface area contributed by atoms with E-state index in [2.05, 4.69) is 24.4 Å². The molecule has 0 aromatic heterocycles. The maximum absolute atomic E-state index is 11.9. The van der Waals surface area contributed by atoms with Gasteiger partial charge < -0.3 is 10.4 Å². The van der Waals surface area contributed by atoms with E-state index in [4.69, 9.17) is 5.11 Å². The van der Waals surface area contributed by atoms with Crippen LogP contribution in [0.2, 0.25) is 0 Å². The highest BCUT2D eigenvalue weighted by Crippen LogP contribution is 2.16. The van der Waals surface area contributed by atoms with Crippen LogP contribution in [0.1, 0.15) is 44.2 Å². The van der Waals surface area contributed by atoms with Crippen LogP contribution in [-0.2, 0) is 11.2 Å². The first-order valence-electron chi connectivity index (χ1n) is 6.59. The summed E-state index contributed by atoms with van der Waals surface area (Å²) in [6.07, 6.45) is 1.23. The SMILES string of the molecule is CCc1ccc(C(C)C(=O)NCCC(C)O)cc1. The van der Waals surface area contributed by atoms with Gasteiger partial charge in [0.15, 0.2) is 0 Å². The summed E-state index contributed by atoms with van der Waals surface area (Å²) >= 11 is 0. The highest BCUT2D eigenvalue weighted by Gasteiger charge is 2.14. The number of carbonyl (C=O) groups excluding carboxylic acids is 1. The molecule has 0 bridgehead atoms. The first kappa shape index (κ1) is 14.7. The van der Waals surface area contributed by atoms with E-state index in [1.165, 1.54) is 5.56 Å². The first-order valence-corrected chi connectivity index (χ1v) is 6.59. The molecule has 1 amide bonds. The fourth-order valence-corrected chi connectivity index (χ4v) is 1.75. The van der Waals surface area contributed by atoms with Gasteiger partial charge in [-0.1, -0.05) is 31.2 Å². The number of hydrogen-bond donors (Lipinski definition) is 2. The minimum absolute atomic E-state index is 0.0138. The van der Waals surface area contributed by atoms with Crippen molar-refractivity contribution in [3.8, 4) is 0 Å². The van der Waals surface area contributed by atoms with Gasteiger partial charge in [0, 0.05) is 6.54 Å². The predicted molar refractivity (Wildman–Crippen MR) is 73.5 cm³/mol. The lowest BCUT2D eigenvalue weighted by atomic mass is 9.98. The van der Waals surface area contributed by atoms with E-state index < -0.39 is 0 Å². The Morgan fingerprint density at radius 3 is 2.39 bits per heavy atom. The number of hydrogen-bond acceptors (Lipinski definition) is 2. The molecule has 2 atom stereocenters. The van der Waals surface area contributed by atoms with E-state index in [1.54, 1.807) is 6.92 Å². The van der Waals surface area contributed by atoms with Gasteiger partial charge >= 0.3 is 0 Å². The summed E-state index contributed by atoms with van der Waals surface area (Å²) < 4.78 is 0. The van der Waals surface area contributed by atoms with E-state index in [0.717, 1.165) is 12.0 Å². The Kier molecular flexibility index (Phi) is 5.86. The Bertz CT molecular complexity index is 371. The van der Waals surface area contributed by atoms with Gasteiger partial charge in [0.1, 0.15) is 0 Å². The van der Waals surface area contributed by atoms with Crippen LogP contribution in [0.15, 0.2) is 24.3 Å². The predicted octanol–water partition coefficient (Wildman–Crippen LogP) is 2.24. The number of amides is 1. The van der Waals surface area contributed by atoms with Crippen LogP contribution < -0.4 is 5.32 Å². The highest BCUT2D eigenvalue weighted by atomic mass is 16.3. The molecular weight excluding hydrogens is 226 g/mol. The number of nitrogens with one attached hydrogen (secondary N) is 1. The minimum Gasteiger partial charge on any atom is -0.393 e. The lowest BCUT2D eigenvalue weighted by molar-refractivity contribution is -0.122. The average molecular weight is 249 g/mol. The summed E-state index contributed by atoms with van der Waals surface area (Å²) in [5.41, 5.74) is 2.31. The summed E-state index contributed by atoms with van der Waals surface area (Å²) in [6.45, 7) is 6.26. The number of aliphatic hydroxyl groups is 1. The molecule has 0 radical (unpaired) electrons. The highest BCUT2D eigenvalue weighted by molar-refractivity contribution is 5.83. The maximum Gasteiger partial charge on any atom is 0.227 e. The molecule has 1 aromatic rings. The van der Waals surface area contributed by atoms with Crippen molar-refractivity contribution in [1.82, 2.24) is 5.32 Å². The van der Waals surface area contributed by atoms with E-state index in [-0.39, 0.29) is 17.9 Å². The molecule has 0 heterocycles. The second kappa shape index (κ2) is 7.17. The zero-order valence-corrected chi connectivity index (χ0v) is 11.4. The first-order chi connectivity index (χ1) is 8.54. The van der Waals surface area contributed by atoms with Gasteiger partial charge in [-0.2, -0.15) is 0 Å². The third-order valence-electron chi connectivity index (χ3n) is 3.14. The zero-order valence-electron chi connectivity index (χ0n) is 11.4. The fraction of sp³-hybridized carbons (Fsp3) is 0.533. The van der Waals surface area contributed by atoms with Crippen molar-refractivity contribution >= 4 is 5.91 Å². The van der Waals surface area contributed by atoms with Gasteiger partial charge in [-0.15, -0.1) is 0 Å². The molecule has 1 rings (SSSR count). The standard InChI is InChI=1S/C15H23NO2/c1-4-13-5-7-14(8-6-13)12(3)15(18)16-10-9-11(2)17/h5-8,11-12,17H,4,9-10H2,1-3H3,(H,16,18). The smallest absolute Gasteiger partial charge is 0.227 e. The summed E-state index contributed by atoms with van der Waals surface area (Å²) in [7, 11) is 0. The van der Waals surface area contributed by atoms with Crippen LogP contribution in [0.3, 0.4) is 0 Å². The lowest BCUT2D eigenvalue weighted by Crippen LogP contribution is -2.30. The summed E-state index contributed by atoms with van der Waals surface area (Å²) in [6, 6.07) is 8.15. The Morgan fingerprint density at radius 2 is 1.89 bits per heavy atom. The van der Waals surface area contributed by atoms with E-state index in [1.807, 2.05) is 19.1 Å². The number of carbonyl (C=O) groups is 1. The van der Waals surface area contributed by atoms with Gasteiger partial charge in [0.05, 0.1) is 12.0 Å². The van der Waals surface area contributed by atoms with Crippen LogP contribution in [-0.4, -0.2) is 23.7 Å². The van der Waals surface area contributed by atoms with Crippen LogP contribution in [0.5, 0.6) is 0 Å². The summed E-state index contributed by atoms with van der Waals surface area (Å²) in [5, 5.41) is 12.0. The maximum atomic E-state index is 11.9. The van der Waals surface area contributed by atoms with Gasteiger partial charge in [-0.05, 0) is 37.8 Å². The Balaban J connectivity index is 2.51. The summed E-state index contributed by atoms with van der Waals surface area (Å²) in [5.74, 6) is -0.134. The van der Waals surface area contributed by atoms with Crippen molar-refractivity contribution in [1.29, 1.82) is 0 Å². The molecule has 0 aliphatic heterocycles. The third kappa shape index (κ3) is 4.49. The van der Waals surface area contributed by atoms with Gasteiger partial charge in [0.2, 0.25) is 5.91 Å². The average Bonchev–Trinajstić information content (AvgIpc) is 2.37. The Morgan fingerprint density at radius 1 is 1.28 bits per heavy atom. The van der Waals surface area contributed by atoms with Crippen LogP contribution in [0.4, 0.5) is 0 Å². The van der Waals surface area contributed by atoms with E-state index in [0.29, 0.717) is 13.0 Å². The quantitative estimate of drug-likeness (QED) is 0.812. The lowest BCUT2D eigenvalue weighted by Gasteiger charge is -2.13. The van der Waals surface area contributed by atoms with Crippen LogP contribution in [0.25, 0.3) is 0 Å². The van der Waals surface area contributed by atoms with E-state index in [9.17, 15) is 4.79 Å². The molecular formula is C15H23NO2. The minimum atomic E-state index is -0.371. The molecule has 18 heavy (non-hydrogen) atoms. The van der Waals surface area contributed by atoms with Crippen molar-refractivity contribution in [2.75, 3.05) is 6.54 Å². The van der Waals surface area contributed by atoms with Gasteiger partial charge in [-0.25, -0.2) is 0 Å². The molecule has 100 valence electrons. The molecule has 0 aliphatic carbocycles. The largest absolute Gasteiger partial charge is 0.393 e. The molecule has 0 saturated carbocycles. The van der Waals surface area contributed by atoms with Crippen molar-refractivity contribution in [2.24, 2.45) is 0 Å². The van der Waals surface area contributed by atoms with Crippen molar-refractivity contribution in [3.05, 3.63) is 35.4 Å². The molecule has 1 aromatic carbocycles. The summed E-state index contributed by atoms with van der Waals surface area (Å²) in [4.78, 5) is 11.9. The monoisotopic (exact) mass is 249 g/mol. The van der Waals surface area contributed by atoms with Gasteiger partial charge in [-0.3, -0.25) is 4.79 Å². The number of aliphatic hydroxyl groups excluding tert-OH is 1. The molecule has 0 aliphatic rings. The Hall–Kier alpha value is -1.35. The van der Waals surface area contributed by atoms with Crippen molar-refractivity contribution in [3.63, 3.8) is 0 Å². The van der Waals surface area contributed by atoms with Crippen molar-refractivity contribution in [2.45, 2.75) is 45.6 Å². The molecule has 2 N–H and O–H groups in total. The second-order valence-corrected chi connectivity index (χ2v) is 4.75. The normalized spacial score (nSPS) is 14.0. The van der Waals surface area contributed by atoms with Crippen LogP contribution >= 0.6 is 0 Å². The fourth-order valence-electron chi connectivity index (χ4n) is 1.75. The number of benzene rings is 1. The molecule has 2 unspecified atom stereocenters. The molecule has 3 heteroatoms. The van der Waals surface area contributed by atoms with Crippen molar-refractivity contribution < 1.29 is 9.90 Å². The van der Waals surface area contributed by atoms with Crippen LogP contribution in [0, 0.1) is 0 Å². The topological polar surface area (TPSA) is 49.3 Å². The third-order valence-corrected chi connectivity index (χ3v) is 3.14. The van der Waals surface area contributed by atoms with E-state index >= 15 is 0 Å².